The molecule has 0 unspecified atom stereocenters. The molecule has 0 atom stereocenters. The molecule has 144 valence electrons. The predicted molar refractivity (Wildman–Crippen MR) is 118 cm³/mol. The number of hydrogen-bond acceptors (Lipinski definition) is 5. The number of thiazole rings is 1. The minimum atomic E-state index is -0.139. The second kappa shape index (κ2) is 8.58. The quantitative estimate of drug-likeness (QED) is 0.428. The highest BCUT2D eigenvalue weighted by molar-refractivity contribution is 7.14. The van der Waals surface area contributed by atoms with Gasteiger partial charge in [0.15, 0.2) is 5.13 Å². The first-order chi connectivity index (χ1) is 14.2. The van der Waals surface area contributed by atoms with Gasteiger partial charge in [0, 0.05) is 22.2 Å². The molecule has 2 N–H and O–H groups in total. The van der Waals surface area contributed by atoms with Crippen molar-refractivity contribution in [3.63, 3.8) is 0 Å². The van der Waals surface area contributed by atoms with E-state index in [-0.39, 0.29) is 5.91 Å². The molecule has 3 aromatic carbocycles. The summed E-state index contributed by atoms with van der Waals surface area (Å²) in [5.41, 5.74) is 3.97. The van der Waals surface area contributed by atoms with Gasteiger partial charge in [0.05, 0.1) is 18.5 Å². The lowest BCUT2D eigenvalue weighted by molar-refractivity contribution is 0.102. The summed E-state index contributed by atoms with van der Waals surface area (Å²) in [6, 6.07) is 24.5. The zero-order chi connectivity index (χ0) is 20.1. The Morgan fingerprint density at radius 1 is 0.966 bits per heavy atom. The molecule has 1 heterocycles. The van der Waals surface area contributed by atoms with Gasteiger partial charge in [-0.05, 0) is 36.4 Å². The lowest BCUT2D eigenvalue weighted by Crippen LogP contribution is -2.11. The summed E-state index contributed by atoms with van der Waals surface area (Å²) in [5, 5.41) is 8.98. The summed E-state index contributed by atoms with van der Waals surface area (Å²) in [4.78, 5) is 17.1. The molecule has 0 spiro atoms. The van der Waals surface area contributed by atoms with E-state index in [0.29, 0.717) is 5.56 Å². The van der Waals surface area contributed by atoms with Crippen LogP contribution in [0.2, 0.25) is 0 Å². The first-order valence-electron chi connectivity index (χ1n) is 9.05. The van der Waals surface area contributed by atoms with Crippen LogP contribution in [-0.4, -0.2) is 18.0 Å². The number of para-hydroxylation sites is 2. The molecular formula is C23H19N3O2S. The number of nitrogens with one attached hydrogen (secondary N) is 2. The molecule has 29 heavy (non-hydrogen) atoms. The van der Waals surface area contributed by atoms with E-state index in [2.05, 4.69) is 15.6 Å². The van der Waals surface area contributed by atoms with Crippen molar-refractivity contribution in [2.24, 2.45) is 0 Å². The molecule has 4 aromatic rings. The summed E-state index contributed by atoms with van der Waals surface area (Å²) in [6.45, 7) is 0. The van der Waals surface area contributed by atoms with Crippen LogP contribution in [0.5, 0.6) is 5.75 Å². The fourth-order valence-corrected chi connectivity index (χ4v) is 3.61. The molecule has 0 aliphatic carbocycles. The molecule has 0 radical (unpaired) electrons. The average molecular weight is 401 g/mol. The Morgan fingerprint density at radius 2 is 1.76 bits per heavy atom. The number of carbonyl (C=O) groups is 1. The third kappa shape index (κ3) is 4.44. The topological polar surface area (TPSA) is 63.2 Å². The van der Waals surface area contributed by atoms with Crippen LogP contribution >= 0.6 is 11.3 Å². The van der Waals surface area contributed by atoms with Gasteiger partial charge in [-0.3, -0.25) is 4.79 Å². The second-order valence-electron chi connectivity index (χ2n) is 6.26. The van der Waals surface area contributed by atoms with Crippen molar-refractivity contribution in [1.29, 1.82) is 0 Å². The summed E-state index contributed by atoms with van der Waals surface area (Å²) in [6.07, 6.45) is 0. The Morgan fingerprint density at radius 3 is 2.59 bits per heavy atom. The van der Waals surface area contributed by atoms with Crippen molar-refractivity contribution in [3.05, 3.63) is 89.8 Å². The van der Waals surface area contributed by atoms with Gasteiger partial charge in [0.1, 0.15) is 5.75 Å². The minimum Gasteiger partial charge on any atom is -0.495 e. The molecule has 0 fully saturated rings. The predicted octanol–water partition coefficient (Wildman–Crippen LogP) is 5.81. The van der Waals surface area contributed by atoms with E-state index >= 15 is 0 Å². The highest BCUT2D eigenvalue weighted by Crippen LogP contribution is 2.31. The van der Waals surface area contributed by atoms with Gasteiger partial charge >= 0.3 is 0 Å². The Hall–Kier alpha value is -3.64. The van der Waals surface area contributed by atoms with E-state index in [1.807, 2.05) is 72.1 Å². The largest absolute Gasteiger partial charge is 0.495 e. The normalized spacial score (nSPS) is 10.4. The number of methoxy groups -OCH3 is 1. The number of nitrogens with zero attached hydrogens (tertiary/aromatic N) is 1. The molecule has 0 aliphatic rings. The maximum atomic E-state index is 12.4. The highest BCUT2D eigenvalue weighted by atomic mass is 32.1. The van der Waals surface area contributed by atoms with E-state index in [0.717, 1.165) is 33.5 Å². The molecule has 0 aliphatic heterocycles. The highest BCUT2D eigenvalue weighted by Gasteiger charge is 2.10. The van der Waals surface area contributed by atoms with E-state index in [1.165, 1.54) is 11.3 Å². The third-order valence-corrected chi connectivity index (χ3v) is 5.06. The van der Waals surface area contributed by atoms with Gasteiger partial charge in [-0.15, -0.1) is 11.3 Å². The maximum Gasteiger partial charge on any atom is 0.255 e. The number of amides is 1. The van der Waals surface area contributed by atoms with Gasteiger partial charge in [-0.2, -0.15) is 0 Å². The molecule has 6 heteroatoms. The van der Waals surface area contributed by atoms with E-state index in [4.69, 9.17) is 4.74 Å². The fourth-order valence-electron chi connectivity index (χ4n) is 2.88. The number of hydrogen-bond donors (Lipinski definition) is 2. The van der Waals surface area contributed by atoms with Crippen LogP contribution in [-0.2, 0) is 0 Å². The lowest BCUT2D eigenvalue weighted by atomic mass is 10.1. The van der Waals surface area contributed by atoms with Crippen LogP contribution in [0.4, 0.5) is 16.5 Å². The monoisotopic (exact) mass is 401 g/mol. The van der Waals surface area contributed by atoms with Crippen molar-refractivity contribution < 1.29 is 9.53 Å². The first kappa shape index (κ1) is 18.7. The number of rotatable bonds is 6. The van der Waals surface area contributed by atoms with Crippen molar-refractivity contribution in [3.8, 4) is 17.0 Å². The Kier molecular flexibility index (Phi) is 5.54. The van der Waals surface area contributed by atoms with E-state index in [9.17, 15) is 4.79 Å². The van der Waals surface area contributed by atoms with Crippen LogP contribution in [0.25, 0.3) is 11.3 Å². The summed E-state index contributed by atoms with van der Waals surface area (Å²) in [7, 11) is 1.64. The fraction of sp³-hybridized carbons (Fsp3) is 0.0435. The van der Waals surface area contributed by atoms with Gasteiger partial charge in [-0.25, -0.2) is 4.98 Å². The third-order valence-electron chi connectivity index (χ3n) is 4.30. The lowest BCUT2D eigenvalue weighted by Gasteiger charge is -2.08. The molecule has 0 bridgehead atoms. The minimum absolute atomic E-state index is 0.139. The maximum absolute atomic E-state index is 12.4. The average Bonchev–Trinajstić information content (AvgIpc) is 3.23. The number of anilines is 3. The van der Waals surface area contributed by atoms with Crippen LogP contribution < -0.4 is 15.4 Å². The Bertz CT molecular complexity index is 1130. The van der Waals surface area contributed by atoms with Gasteiger partial charge in [0.25, 0.3) is 5.91 Å². The SMILES string of the molecule is COc1ccccc1Nc1nc(-c2cccc(NC(=O)c3ccccc3)c2)cs1. The molecule has 5 nitrogen and oxygen atoms in total. The van der Waals surface area contributed by atoms with Crippen LogP contribution in [0.3, 0.4) is 0 Å². The summed E-state index contributed by atoms with van der Waals surface area (Å²) < 4.78 is 5.37. The van der Waals surface area contributed by atoms with Crippen LogP contribution in [0, 0.1) is 0 Å². The smallest absolute Gasteiger partial charge is 0.255 e. The second-order valence-corrected chi connectivity index (χ2v) is 7.12. The molecule has 1 amide bonds. The number of aromatic nitrogens is 1. The van der Waals surface area contributed by atoms with E-state index < -0.39 is 0 Å². The van der Waals surface area contributed by atoms with Gasteiger partial charge < -0.3 is 15.4 Å². The van der Waals surface area contributed by atoms with Crippen molar-refractivity contribution in [2.45, 2.75) is 0 Å². The summed E-state index contributed by atoms with van der Waals surface area (Å²) >= 11 is 1.51. The molecule has 0 saturated heterocycles. The van der Waals surface area contributed by atoms with Crippen LogP contribution in [0.1, 0.15) is 10.4 Å². The number of ether oxygens (including phenoxy) is 1. The number of carbonyl (C=O) groups excluding carboxylic acids is 1. The van der Waals surface area contributed by atoms with Gasteiger partial charge in [-0.1, -0.05) is 42.5 Å². The Labute approximate surface area is 173 Å². The first-order valence-corrected chi connectivity index (χ1v) is 9.93. The standard InChI is InChI=1S/C23H19N3O2S/c1-28-21-13-6-5-12-19(21)25-23-26-20(15-29-23)17-10-7-11-18(14-17)24-22(27)16-8-3-2-4-9-16/h2-15H,1H3,(H,24,27)(H,25,26). The number of benzene rings is 3. The molecule has 4 rings (SSSR count). The molecule has 0 saturated carbocycles. The zero-order valence-electron chi connectivity index (χ0n) is 15.8. The summed E-state index contributed by atoms with van der Waals surface area (Å²) in [5.74, 6) is 0.620. The molecule has 1 aromatic heterocycles. The van der Waals surface area contributed by atoms with Crippen LogP contribution in [0.15, 0.2) is 84.2 Å². The molecular weight excluding hydrogens is 382 g/mol. The van der Waals surface area contributed by atoms with Crippen molar-refractivity contribution in [1.82, 2.24) is 4.98 Å². The van der Waals surface area contributed by atoms with Crippen molar-refractivity contribution >= 4 is 33.8 Å². The van der Waals surface area contributed by atoms with Gasteiger partial charge in [0.2, 0.25) is 0 Å². The zero-order valence-corrected chi connectivity index (χ0v) is 16.6. The van der Waals surface area contributed by atoms with E-state index in [1.54, 1.807) is 19.2 Å². The van der Waals surface area contributed by atoms with Crippen molar-refractivity contribution in [2.75, 3.05) is 17.7 Å². The Balaban J connectivity index is 1.51.